The Bertz CT molecular complexity index is 790. The number of sulfonamides is 2. The third-order valence-electron chi connectivity index (χ3n) is 4.74. The number of nitrogens with zero attached hydrogens (tertiary/aromatic N) is 2. The van der Waals surface area contributed by atoms with Gasteiger partial charge in [-0.15, -0.1) is 0 Å². The van der Waals surface area contributed by atoms with Crippen LogP contribution in [0.3, 0.4) is 0 Å². The molecular weight excluding hydrogens is 376 g/mol. The molecule has 0 spiro atoms. The molecule has 2 fully saturated rings. The molecule has 0 radical (unpaired) electrons. The highest BCUT2D eigenvalue weighted by Crippen LogP contribution is 2.23. The fraction of sp³-hybridized carbons (Fsp3) is 0.625. The molecule has 2 saturated heterocycles. The van der Waals surface area contributed by atoms with E-state index in [9.17, 15) is 16.8 Å². The Labute approximate surface area is 155 Å². The zero-order chi connectivity index (χ0) is 18.9. The molecule has 0 amide bonds. The zero-order valence-electron chi connectivity index (χ0n) is 15.1. The maximum absolute atomic E-state index is 12.9. The highest BCUT2D eigenvalue weighted by molar-refractivity contribution is 7.90. The van der Waals surface area contributed by atoms with E-state index >= 15 is 0 Å². The van der Waals surface area contributed by atoms with Crippen molar-refractivity contribution in [1.82, 2.24) is 19.2 Å². The molecule has 2 heterocycles. The smallest absolute Gasteiger partial charge is 0.243 e. The molecule has 26 heavy (non-hydrogen) atoms. The van der Waals surface area contributed by atoms with Crippen molar-refractivity contribution in [1.29, 1.82) is 0 Å². The SMILES string of the molecule is CC1CN(S(=O)(=O)c2cccc(S(=O)(=O)N3CCNC(C)C3)c2)CCN1. The number of piperazine rings is 2. The van der Waals surface area contributed by atoms with Gasteiger partial charge in [-0.1, -0.05) is 6.07 Å². The summed E-state index contributed by atoms with van der Waals surface area (Å²) in [6.45, 7) is 6.50. The van der Waals surface area contributed by atoms with Crippen LogP contribution in [0.2, 0.25) is 0 Å². The average Bonchev–Trinajstić information content (AvgIpc) is 2.62. The predicted octanol–water partition coefficient (Wildman–Crippen LogP) is -0.349. The van der Waals surface area contributed by atoms with Crippen LogP contribution in [0.1, 0.15) is 13.8 Å². The Morgan fingerprint density at radius 1 is 0.846 bits per heavy atom. The second-order valence-electron chi connectivity index (χ2n) is 6.91. The number of hydrogen-bond acceptors (Lipinski definition) is 6. The second-order valence-corrected chi connectivity index (χ2v) is 10.8. The molecule has 2 aliphatic heterocycles. The van der Waals surface area contributed by atoms with Crippen molar-refractivity contribution >= 4 is 20.0 Å². The summed E-state index contributed by atoms with van der Waals surface area (Å²) in [7, 11) is -7.44. The van der Waals surface area contributed by atoms with E-state index < -0.39 is 20.0 Å². The molecule has 0 bridgehead atoms. The fourth-order valence-electron chi connectivity index (χ4n) is 3.32. The minimum atomic E-state index is -3.72. The maximum Gasteiger partial charge on any atom is 0.243 e. The van der Waals surface area contributed by atoms with E-state index in [4.69, 9.17) is 0 Å². The first-order valence-electron chi connectivity index (χ1n) is 8.78. The third-order valence-corrected chi connectivity index (χ3v) is 8.47. The van der Waals surface area contributed by atoms with Crippen LogP contribution >= 0.6 is 0 Å². The van der Waals surface area contributed by atoms with Crippen molar-refractivity contribution in [2.24, 2.45) is 0 Å². The molecule has 1 aromatic carbocycles. The van der Waals surface area contributed by atoms with Gasteiger partial charge in [-0.3, -0.25) is 0 Å². The number of rotatable bonds is 4. The first-order chi connectivity index (χ1) is 12.2. The van der Waals surface area contributed by atoms with Crippen LogP contribution in [-0.4, -0.2) is 76.8 Å². The Balaban J connectivity index is 1.90. The van der Waals surface area contributed by atoms with Crippen molar-refractivity contribution in [3.63, 3.8) is 0 Å². The molecule has 1 aromatic rings. The fourth-order valence-corrected chi connectivity index (χ4v) is 6.55. The van der Waals surface area contributed by atoms with Gasteiger partial charge in [0.15, 0.2) is 0 Å². The van der Waals surface area contributed by atoms with Gasteiger partial charge >= 0.3 is 0 Å². The molecule has 2 atom stereocenters. The Kier molecular flexibility index (Phi) is 5.71. The lowest BCUT2D eigenvalue weighted by Gasteiger charge is -2.32. The van der Waals surface area contributed by atoms with Crippen molar-refractivity contribution < 1.29 is 16.8 Å². The summed E-state index contributed by atoms with van der Waals surface area (Å²) in [5.41, 5.74) is 0. The average molecular weight is 403 g/mol. The third kappa shape index (κ3) is 3.95. The van der Waals surface area contributed by atoms with Crippen LogP contribution < -0.4 is 10.6 Å². The van der Waals surface area contributed by atoms with Gasteiger partial charge in [-0.05, 0) is 32.0 Å². The normalized spacial score (nSPS) is 26.7. The van der Waals surface area contributed by atoms with E-state index in [2.05, 4.69) is 10.6 Å². The summed E-state index contributed by atoms with van der Waals surface area (Å²) in [4.78, 5) is 0.0479. The van der Waals surface area contributed by atoms with E-state index in [1.54, 1.807) is 0 Å². The minimum Gasteiger partial charge on any atom is -0.312 e. The molecule has 3 rings (SSSR count). The Hall–Kier alpha value is -1.04. The number of nitrogens with one attached hydrogen (secondary N) is 2. The van der Waals surface area contributed by atoms with E-state index in [1.165, 1.54) is 32.9 Å². The van der Waals surface area contributed by atoms with Crippen LogP contribution in [0.4, 0.5) is 0 Å². The van der Waals surface area contributed by atoms with Crippen molar-refractivity contribution in [2.45, 2.75) is 35.7 Å². The summed E-state index contributed by atoms with van der Waals surface area (Å²) >= 11 is 0. The minimum absolute atomic E-state index is 0.0239. The van der Waals surface area contributed by atoms with Gasteiger partial charge in [-0.25, -0.2) is 16.8 Å². The van der Waals surface area contributed by atoms with E-state index in [-0.39, 0.29) is 21.9 Å². The lowest BCUT2D eigenvalue weighted by molar-refractivity contribution is 0.309. The van der Waals surface area contributed by atoms with Crippen molar-refractivity contribution in [2.75, 3.05) is 39.3 Å². The molecule has 10 heteroatoms. The van der Waals surface area contributed by atoms with Crippen LogP contribution in [0, 0.1) is 0 Å². The van der Waals surface area contributed by atoms with Gasteiger partial charge in [0.1, 0.15) is 0 Å². The standard InChI is InChI=1S/C16H26N4O4S2/c1-13-11-19(8-6-17-13)25(21,22)15-4-3-5-16(10-15)26(23,24)20-9-7-18-14(2)12-20/h3-5,10,13-14,17-18H,6-9,11-12H2,1-2H3. The molecule has 2 unspecified atom stereocenters. The number of hydrogen-bond donors (Lipinski definition) is 2. The Morgan fingerprint density at radius 2 is 1.27 bits per heavy atom. The maximum atomic E-state index is 12.9. The summed E-state index contributed by atoms with van der Waals surface area (Å²) in [6, 6.07) is 5.82. The molecule has 0 aromatic heterocycles. The van der Waals surface area contributed by atoms with Gasteiger partial charge in [-0.2, -0.15) is 8.61 Å². The van der Waals surface area contributed by atoms with E-state index in [0.717, 1.165) is 0 Å². The van der Waals surface area contributed by atoms with Gasteiger partial charge in [0.25, 0.3) is 0 Å². The topological polar surface area (TPSA) is 98.8 Å². The summed E-state index contributed by atoms with van der Waals surface area (Å²) in [5, 5.41) is 6.41. The molecule has 0 saturated carbocycles. The van der Waals surface area contributed by atoms with Gasteiger partial charge in [0.05, 0.1) is 9.79 Å². The predicted molar refractivity (Wildman–Crippen MR) is 98.9 cm³/mol. The summed E-state index contributed by atoms with van der Waals surface area (Å²) < 4.78 is 54.5. The van der Waals surface area contributed by atoms with Crippen LogP contribution in [0.5, 0.6) is 0 Å². The van der Waals surface area contributed by atoms with Crippen LogP contribution in [-0.2, 0) is 20.0 Å². The molecule has 0 aliphatic carbocycles. The quantitative estimate of drug-likeness (QED) is 0.714. The van der Waals surface area contributed by atoms with Gasteiger partial charge < -0.3 is 10.6 Å². The lowest BCUT2D eigenvalue weighted by Crippen LogP contribution is -2.51. The highest BCUT2D eigenvalue weighted by Gasteiger charge is 2.32. The number of benzene rings is 1. The molecular formula is C16H26N4O4S2. The first-order valence-corrected chi connectivity index (χ1v) is 11.7. The van der Waals surface area contributed by atoms with Gasteiger partial charge in [0.2, 0.25) is 20.0 Å². The monoisotopic (exact) mass is 402 g/mol. The first kappa shape index (κ1) is 19.7. The highest BCUT2D eigenvalue weighted by atomic mass is 32.2. The summed E-state index contributed by atoms with van der Waals surface area (Å²) in [6.07, 6.45) is 0. The van der Waals surface area contributed by atoms with Crippen LogP contribution in [0.15, 0.2) is 34.1 Å². The summed E-state index contributed by atoms with van der Waals surface area (Å²) in [5.74, 6) is 0. The Morgan fingerprint density at radius 3 is 1.65 bits per heavy atom. The molecule has 2 N–H and O–H groups in total. The second kappa shape index (κ2) is 7.53. The molecule has 146 valence electrons. The largest absolute Gasteiger partial charge is 0.312 e. The van der Waals surface area contributed by atoms with E-state index in [0.29, 0.717) is 39.3 Å². The van der Waals surface area contributed by atoms with Crippen LogP contribution in [0.25, 0.3) is 0 Å². The van der Waals surface area contributed by atoms with Gasteiger partial charge in [0, 0.05) is 51.4 Å². The lowest BCUT2D eigenvalue weighted by atomic mass is 10.3. The zero-order valence-corrected chi connectivity index (χ0v) is 16.7. The molecule has 8 nitrogen and oxygen atoms in total. The van der Waals surface area contributed by atoms with Crippen molar-refractivity contribution in [3.8, 4) is 0 Å². The van der Waals surface area contributed by atoms with Crippen molar-refractivity contribution in [3.05, 3.63) is 24.3 Å². The van der Waals surface area contributed by atoms with E-state index in [1.807, 2.05) is 13.8 Å². The molecule has 2 aliphatic rings.